The van der Waals surface area contributed by atoms with Gasteiger partial charge in [0.05, 0.1) is 33.2 Å². The molecule has 3 N–H and O–H groups in total. The highest BCUT2D eigenvalue weighted by molar-refractivity contribution is 6.42. The molecule has 23 heavy (non-hydrogen) atoms. The number of aliphatic hydroxyl groups excluding tert-OH is 3. The van der Waals surface area contributed by atoms with E-state index in [2.05, 4.69) is 4.98 Å². The smallest absolute Gasteiger partial charge is 0.206 e. The predicted molar refractivity (Wildman–Crippen MR) is 90.3 cm³/mol. The zero-order valence-corrected chi connectivity index (χ0v) is 14.3. The largest absolute Gasteiger partial charge is 0.396 e. The zero-order valence-electron chi connectivity index (χ0n) is 12.8. The molecule has 126 valence electrons. The first-order valence-electron chi connectivity index (χ1n) is 7.36. The van der Waals surface area contributed by atoms with Crippen LogP contribution < -0.4 is 4.90 Å². The van der Waals surface area contributed by atoms with Crippen LogP contribution in [0.5, 0.6) is 0 Å². The van der Waals surface area contributed by atoms with Crippen molar-refractivity contribution in [3.05, 3.63) is 22.2 Å². The van der Waals surface area contributed by atoms with E-state index in [1.807, 2.05) is 23.6 Å². The van der Waals surface area contributed by atoms with Gasteiger partial charge in [0.1, 0.15) is 6.10 Å². The number of imidazole rings is 1. The molecule has 1 aliphatic carbocycles. The summed E-state index contributed by atoms with van der Waals surface area (Å²) < 4.78 is 1.86. The molecule has 4 atom stereocenters. The summed E-state index contributed by atoms with van der Waals surface area (Å²) in [5.74, 6) is 0.262. The van der Waals surface area contributed by atoms with Crippen LogP contribution in [0.4, 0.5) is 5.95 Å². The monoisotopic (exact) mass is 359 g/mol. The third kappa shape index (κ3) is 2.68. The minimum Gasteiger partial charge on any atom is -0.396 e. The molecule has 0 bridgehead atoms. The molecule has 1 aliphatic rings. The van der Waals surface area contributed by atoms with Crippen LogP contribution >= 0.6 is 23.2 Å². The Bertz CT molecular complexity index is 734. The molecule has 0 aliphatic heterocycles. The molecular formula is C15H19Cl2N3O3. The van der Waals surface area contributed by atoms with Crippen molar-refractivity contribution >= 4 is 40.2 Å². The maximum atomic E-state index is 10.4. The van der Waals surface area contributed by atoms with Crippen LogP contribution in [0.15, 0.2) is 12.1 Å². The van der Waals surface area contributed by atoms with Crippen molar-refractivity contribution < 1.29 is 15.3 Å². The van der Waals surface area contributed by atoms with Gasteiger partial charge in [-0.15, -0.1) is 0 Å². The number of hydrogen-bond donors (Lipinski definition) is 3. The number of aliphatic hydroxyl groups is 3. The van der Waals surface area contributed by atoms with Crippen molar-refractivity contribution in [2.75, 3.05) is 25.6 Å². The highest BCUT2D eigenvalue weighted by Crippen LogP contribution is 2.41. The van der Waals surface area contributed by atoms with Gasteiger partial charge in [-0.05, 0) is 18.6 Å². The molecule has 0 spiro atoms. The van der Waals surface area contributed by atoms with Crippen LogP contribution in [0.2, 0.25) is 10.0 Å². The van der Waals surface area contributed by atoms with E-state index in [-0.39, 0.29) is 12.5 Å². The SMILES string of the molecule is CN(C)c1nc2cc(Cl)c(Cl)cc2n1[C@H]1C[C@@H](CO)[C@H](O)[C@@H]1O. The molecule has 0 amide bonds. The second kappa shape index (κ2) is 6.11. The number of hydrogen-bond acceptors (Lipinski definition) is 5. The second-order valence-electron chi connectivity index (χ2n) is 6.16. The van der Waals surface area contributed by atoms with Crippen molar-refractivity contribution in [3.8, 4) is 0 Å². The summed E-state index contributed by atoms with van der Waals surface area (Å²) in [6.45, 7) is -0.175. The van der Waals surface area contributed by atoms with E-state index in [1.54, 1.807) is 12.1 Å². The maximum absolute atomic E-state index is 10.4. The number of benzene rings is 1. The Morgan fingerprint density at radius 1 is 1.22 bits per heavy atom. The minimum absolute atomic E-state index is 0.175. The Kier molecular flexibility index (Phi) is 4.46. The molecule has 1 fully saturated rings. The fraction of sp³-hybridized carbons (Fsp3) is 0.533. The molecule has 1 heterocycles. The number of fused-ring (bicyclic) bond motifs is 1. The molecule has 0 radical (unpaired) electrons. The first-order valence-corrected chi connectivity index (χ1v) is 8.12. The van der Waals surface area contributed by atoms with E-state index in [0.29, 0.717) is 27.9 Å². The fourth-order valence-corrected chi connectivity index (χ4v) is 3.57. The van der Waals surface area contributed by atoms with Gasteiger partial charge >= 0.3 is 0 Å². The summed E-state index contributed by atoms with van der Waals surface area (Å²) in [6, 6.07) is 3.00. The minimum atomic E-state index is -0.988. The highest BCUT2D eigenvalue weighted by atomic mass is 35.5. The average molecular weight is 360 g/mol. The molecule has 1 aromatic carbocycles. The highest BCUT2D eigenvalue weighted by Gasteiger charge is 2.43. The van der Waals surface area contributed by atoms with E-state index in [9.17, 15) is 15.3 Å². The Morgan fingerprint density at radius 2 is 1.87 bits per heavy atom. The van der Waals surface area contributed by atoms with Gasteiger partial charge in [0, 0.05) is 26.6 Å². The van der Waals surface area contributed by atoms with Crippen LogP contribution in [0.1, 0.15) is 12.5 Å². The maximum Gasteiger partial charge on any atom is 0.206 e. The molecule has 0 saturated heterocycles. The molecule has 1 aromatic heterocycles. The molecule has 6 nitrogen and oxygen atoms in total. The van der Waals surface area contributed by atoms with Crippen molar-refractivity contribution in [2.24, 2.45) is 5.92 Å². The lowest BCUT2D eigenvalue weighted by molar-refractivity contribution is -0.00350. The molecule has 3 rings (SSSR count). The van der Waals surface area contributed by atoms with Crippen LogP contribution in [-0.2, 0) is 0 Å². The van der Waals surface area contributed by atoms with Crippen LogP contribution in [0, 0.1) is 5.92 Å². The quantitative estimate of drug-likeness (QED) is 0.776. The van der Waals surface area contributed by atoms with Gasteiger partial charge < -0.3 is 24.8 Å². The van der Waals surface area contributed by atoms with E-state index in [0.717, 1.165) is 5.52 Å². The van der Waals surface area contributed by atoms with Crippen LogP contribution in [-0.4, -0.2) is 57.8 Å². The van der Waals surface area contributed by atoms with Crippen molar-refractivity contribution in [1.29, 1.82) is 0 Å². The fourth-order valence-electron chi connectivity index (χ4n) is 3.26. The Hall–Kier alpha value is -1.05. The van der Waals surface area contributed by atoms with Gasteiger partial charge in [-0.3, -0.25) is 0 Å². The summed E-state index contributed by atoms with van der Waals surface area (Å²) in [5.41, 5.74) is 1.40. The lowest BCUT2D eigenvalue weighted by atomic mass is 10.1. The van der Waals surface area contributed by atoms with Crippen molar-refractivity contribution in [2.45, 2.75) is 24.7 Å². The Labute approximate surface area is 143 Å². The van der Waals surface area contributed by atoms with Gasteiger partial charge in [0.2, 0.25) is 5.95 Å². The Balaban J connectivity index is 2.19. The molecule has 2 aromatic rings. The van der Waals surface area contributed by atoms with Gasteiger partial charge in [-0.1, -0.05) is 23.2 Å². The second-order valence-corrected chi connectivity index (χ2v) is 6.97. The first-order chi connectivity index (χ1) is 10.8. The number of aromatic nitrogens is 2. The van der Waals surface area contributed by atoms with Crippen LogP contribution in [0.3, 0.4) is 0 Å². The number of halogens is 2. The third-order valence-electron chi connectivity index (χ3n) is 4.45. The standard InChI is InChI=1S/C15H19Cl2N3O3/c1-19(2)15-18-10-4-8(16)9(17)5-11(10)20(15)12-3-7(6-21)13(22)14(12)23/h4-5,7,12-14,21-23H,3,6H2,1-2H3/t7-,12-,13-,14+/m0/s1. The number of anilines is 1. The lowest BCUT2D eigenvalue weighted by Gasteiger charge is -2.23. The van der Waals surface area contributed by atoms with Crippen LogP contribution in [0.25, 0.3) is 11.0 Å². The summed E-state index contributed by atoms with van der Waals surface area (Å²) in [4.78, 5) is 6.39. The Morgan fingerprint density at radius 3 is 2.43 bits per heavy atom. The van der Waals surface area contributed by atoms with Gasteiger partial charge in [-0.25, -0.2) is 4.98 Å². The molecule has 0 unspecified atom stereocenters. The van der Waals surface area contributed by atoms with E-state index in [1.165, 1.54) is 0 Å². The molecule has 8 heteroatoms. The van der Waals surface area contributed by atoms with Gasteiger partial charge in [-0.2, -0.15) is 0 Å². The topological polar surface area (TPSA) is 81.8 Å². The number of nitrogens with zero attached hydrogens (tertiary/aromatic N) is 3. The normalized spacial score (nSPS) is 27.8. The van der Waals surface area contributed by atoms with E-state index < -0.39 is 18.2 Å². The number of rotatable bonds is 3. The van der Waals surface area contributed by atoms with E-state index in [4.69, 9.17) is 23.2 Å². The van der Waals surface area contributed by atoms with Gasteiger partial charge in [0.15, 0.2) is 0 Å². The first kappa shape index (κ1) is 16.8. The van der Waals surface area contributed by atoms with Crippen molar-refractivity contribution in [3.63, 3.8) is 0 Å². The average Bonchev–Trinajstić information content (AvgIpc) is 2.99. The third-order valence-corrected chi connectivity index (χ3v) is 5.17. The van der Waals surface area contributed by atoms with E-state index >= 15 is 0 Å². The molecular weight excluding hydrogens is 341 g/mol. The van der Waals surface area contributed by atoms with Crippen molar-refractivity contribution in [1.82, 2.24) is 9.55 Å². The molecule has 1 saturated carbocycles. The summed E-state index contributed by atoms with van der Waals surface area (Å²) in [7, 11) is 3.70. The summed E-state index contributed by atoms with van der Waals surface area (Å²) in [5, 5.41) is 30.8. The lowest BCUT2D eigenvalue weighted by Crippen LogP contribution is -2.31. The summed E-state index contributed by atoms with van der Waals surface area (Å²) >= 11 is 12.2. The zero-order chi connectivity index (χ0) is 16.9. The van der Waals surface area contributed by atoms with Gasteiger partial charge in [0.25, 0.3) is 0 Å². The predicted octanol–water partition coefficient (Wildman–Crippen LogP) is 1.68. The summed E-state index contributed by atoms with van der Waals surface area (Å²) in [6.07, 6.45) is -1.51.